The van der Waals surface area contributed by atoms with Crippen molar-refractivity contribution in [2.75, 3.05) is 11.9 Å². The maximum atomic E-state index is 13.2. The Labute approximate surface area is 211 Å². The van der Waals surface area contributed by atoms with Crippen molar-refractivity contribution in [1.29, 1.82) is 0 Å². The molecule has 0 saturated heterocycles. The van der Waals surface area contributed by atoms with Crippen LogP contribution < -0.4 is 16.2 Å². The van der Waals surface area contributed by atoms with Crippen molar-refractivity contribution in [3.63, 3.8) is 0 Å². The third-order valence-corrected chi connectivity index (χ3v) is 6.26. The van der Waals surface area contributed by atoms with Crippen LogP contribution in [0.5, 0.6) is 0 Å². The fourth-order valence-corrected chi connectivity index (χ4v) is 4.28. The average molecular weight is 505 g/mol. The maximum Gasteiger partial charge on any atom is 0.319 e. The molecule has 2 aromatic heterocycles. The van der Waals surface area contributed by atoms with Crippen LogP contribution in [0.3, 0.4) is 0 Å². The van der Waals surface area contributed by atoms with Gasteiger partial charge in [-0.25, -0.2) is 24.1 Å². The van der Waals surface area contributed by atoms with Gasteiger partial charge < -0.3 is 15.6 Å². The molecule has 2 aromatic carbocycles. The number of nitrogens with one attached hydrogen (secondary N) is 3. The first-order chi connectivity index (χ1) is 17.5. The molecule has 2 amide bonds. The van der Waals surface area contributed by atoms with Crippen LogP contribution in [-0.2, 0) is 18.6 Å². The molecule has 0 unspecified atom stereocenters. The van der Waals surface area contributed by atoms with E-state index in [2.05, 4.69) is 30.6 Å². The molecular formula is C26H25FN6O2S. The number of aromatic nitrogens is 4. The lowest BCUT2D eigenvalue weighted by Gasteiger charge is -2.12. The smallest absolute Gasteiger partial charge is 0.319 e. The number of thioether (sulfide) groups is 1. The van der Waals surface area contributed by atoms with Gasteiger partial charge in [0.15, 0.2) is 5.16 Å². The van der Waals surface area contributed by atoms with Gasteiger partial charge in [-0.05, 0) is 42.3 Å². The van der Waals surface area contributed by atoms with Crippen molar-refractivity contribution in [2.45, 2.75) is 30.7 Å². The van der Waals surface area contributed by atoms with E-state index in [1.54, 1.807) is 24.5 Å². The summed E-state index contributed by atoms with van der Waals surface area (Å²) in [6.07, 6.45) is 5.41. The number of carbonyl (C=O) groups excluding carboxylic acids is 1. The third-order valence-electron chi connectivity index (χ3n) is 5.32. The van der Waals surface area contributed by atoms with Crippen LogP contribution in [0.4, 0.5) is 14.9 Å². The number of hydrogen-bond donors (Lipinski definition) is 3. The number of amides is 2. The Morgan fingerprint density at radius 3 is 2.47 bits per heavy atom. The third kappa shape index (κ3) is 7.22. The number of carbonyl (C=O) groups is 1. The van der Waals surface area contributed by atoms with Crippen molar-refractivity contribution >= 4 is 23.5 Å². The van der Waals surface area contributed by atoms with E-state index in [9.17, 15) is 14.0 Å². The Morgan fingerprint density at radius 2 is 1.75 bits per heavy atom. The predicted molar refractivity (Wildman–Crippen MR) is 138 cm³/mol. The van der Waals surface area contributed by atoms with Crippen molar-refractivity contribution in [2.24, 2.45) is 0 Å². The summed E-state index contributed by atoms with van der Waals surface area (Å²) in [5, 5.41) is 6.06. The van der Waals surface area contributed by atoms with Crippen molar-refractivity contribution in [3.8, 4) is 0 Å². The molecule has 36 heavy (non-hydrogen) atoms. The molecular weight excluding hydrogens is 479 g/mol. The summed E-state index contributed by atoms with van der Waals surface area (Å²) in [6.45, 7) is 2.26. The number of aryl methyl sites for hydroxylation is 1. The highest BCUT2D eigenvalue weighted by atomic mass is 32.2. The van der Waals surface area contributed by atoms with Gasteiger partial charge in [0, 0.05) is 48.8 Å². The Kier molecular flexibility index (Phi) is 8.40. The van der Waals surface area contributed by atoms with Crippen molar-refractivity contribution in [1.82, 2.24) is 25.3 Å². The minimum absolute atomic E-state index is 0.255. The normalized spacial score (nSPS) is 10.7. The van der Waals surface area contributed by atoms with Gasteiger partial charge in [-0.2, -0.15) is 0 Å². The number of rotatable bonds is 9. The van der Waals surface area contributed by atoms with Crippen molar-refractivity contribution < 1.29 is 9.18 Å². The zero-order valence-corrected chi connectivity index (χ0v) is 20.4. The van der Waals surface area contributed by atoms with Crippen LogP contribution in [0.25, 0.3) is 0 Å². The highest BCUT2D eigenvalue weighted by Gasteiger charge is 2.14. The SMILES string of the molecule is Cc1ccc(NC(=O)NCCc2nc(SCc3ccc(F)cc3)[nH]c(=O)c2Cc2cncnc2)cc1. The predicted octanol–water partition coefficient (Wildman–Crippen LogP) is 4.25. The van der Waals surface area contributed by atoms with E-state index < -0.39 is 0 Å². The van der Waals surface area contributed by atoms with Gasteiger partial charge in [-0.15, -0.1) is 0 Å². The molecule has 0 saturated carbocycles. The van der Waals surface area contributed by atoms with Gasteiger partial charge in [0.25, 0.3) is 5.56 Å². The van der Waals surface area contributed by atoms with E-state index in [1.807, 2.05) is 31.2 Å². The molecule has 0 radical (unpaired) electrons. The Bertz CT molecular complexity index is 1360. The van der Waals surface area contributed by atoms with Gasteiger partial charge in [0.05, 0.1) is 5.69 Å². The zero-order chi connectivity index (χ0) is 25.3. The second kappa shape index (κ2) is 12.1. The summed E-state index contributed by atoms with van der Waals surface area (Å²) >= 11 is 1.35. The molecule has 3 N–H and O–H groups in total. The zero-order valence-electron chi connectivity index (χ0n) is 19.6. The summed E-state index contributed by atoms with van der Waals surface area (Å²) in [5.41, 5.74) is 4.31. The summed E-state index contributed by atoms with van der Waals surface area (Å²) in [5.74, 6) is 0.219. The van der Waals surface area contributed by atoms with Gasteiger partial charge in [-0.1, -0.05) is 41.6 Å². The van der Waals surface area contributed by atoms with E-state index in [1.165, 1.54) is 30.2 Å². The van der Waals surface area contributed by atoms with Crippen molar-refractivity contribution in [3.05, 3.63) is 111 Å². The average Bonchev–Trinajstić information content (AvgIpc) is 2.87. The number of anilines is 1. The van der Waals surface area contributed by atoms with E-state index >= 15 is 0 Å². The second-order valence-electron chi connectivity index (χ2n) is 8.13. The number of benzene rings is 2. The summed E-state index contributed by atoms with van der Waals surface area (Å²) in [4.78, 5) is 40.9. The van der Waals surface area contributed by atoms with Gasteiger partial charge in [-0.3, -0.25) is 4.79 Å². The minimum Gasteiger partial charge on any atom is -0.337 e. The first kappa shape index (κ1) is 25.1. The maximum absolute atomic E-state index is 13.2. The summed E-state index contributed by atoms with van der Waals surface area (Å²) < 4.78 is 13.2. The Hall–Kier alpha value is -4.05. The number of nitrogens with zero attached hydrogens (tertiary/aromatic N) is 3. The first-order valence-electron chi connectivity index (χ1n) is 11.3. The summed E-state index contributed by atoms with van der Waals surface area (Å²) in [7, 11) is 0. The second-order valence-corrected chi connectivity index (χ2v) is 9.10. The molecule has 10 heteroatoms. The molecule has 0 bridgehead atoms. The Morgan fingerprint density at radius 1 is 1.03 bits per heavy atom. The van der Waals surface area contributed by atoms with Crippen LogP contribution >= 0.6 is 11.8 Å². The molecule has 4 rings (SSSR count). The van der Waals surface area contributed by atoms with E-state index in [0.29, 0.717) is 40.7 Å². The Balaban J connectivity index is 1.46. The first-order valence-corrected chi connectivity index (χ1v) is 12.3. The molecule has 0 atom stereocenters. The molecule has 4 aromatic rings. The standard InChI is InChI=1S/C26H25FN6O2S/c1-17-2-8-21(9-3-17)31-25(35)30-11-10-23-22(12-19-13-28-16-29-14-19)24(34)33-26(32-23)36-15-18-4-6-20(27)7-5-18/h2-9,13-14,16H,10-12,15H2,1H3,(H2,30,31,35)(H,32,33,34). The molecule has 0 fully saturated rings. The number of halogens is 1. The molecule has 184 valence electrons. The molecule has 0 aliphatic carbocycles. The van der Waals surface area contributed by atoms with E-state index in [4.69, 9.17) is 0 Å². The number of aromatic amines is 1. The molecule has 0 aliphatic rings. The lowest BCUT2D eigenvalue weighted by Crippen LogP contribution is -2.31. The number of hydrogen-bond acceptors (Lipinski definition) is 6. The van der Waals surface area contributed by atoms with Gasteiger partial charge >= 0.3 is 6.03 Å². The minimum atomic E-state index is -0.340. The van der Waals surface area contributed by atoms with Crippen LogP contribution in [-0.4, -0.2) is 32.5 Å². The van der Waals surface area contributed by atoms with Crippen LogP contribution in [0, 0.1) is 12.7 Å². The lowest BCUT2D eigenvalue weighted by atomic mass is 10.1. The fraction of sp³-hybridized carbons (Fsp3) is 0.192. The highest BCUT2D eigenvalue weighted by Crippen LogP contribution is 2.20. The van der Waals surface area contributed by atoms with E-state index in [0.717, 1.165) is 16.7 Å². The van der Waals surface area contributed by atoms with Gasteiger partial charge in [0.1, 0.15) is 12.1 Å². The van der Waals surface area contributed by atoms with Gasteiger partial charge in [0.2, 0.25) is 0 Å². The topological polar surface area (TPSA) is 113 Å². The van der Waals surface area contributed by atoms with Crippen LogP contribution in [0.1, 0.15) is 27.9 Å². The van der Waals surface area contributed by atoms with Crippen LogP contribution in [0.15, 0.2) is 77.2 Å². The molecule has 2 heterocycles. The van der Waals surface area contributed by atoms with Crippen LogP contribution in [0.2, 0.25) is 0 Å². The number of urea groups is 1. The molecule has 0 spiro atoms. The monoisotopic (exact) mass is 504 g/mol. The molecule has 0 aliphatic heterocycles. The quantitative estimate of drug-likeness (QED) is 0.232. The number of H-pyrrole nitrogens is 1. The fourth-order valence-electron chi connectivity index (χ4n) is 3.44. The molecule has 8 nitrogen and oxygen atoms in total. The lowest BCUT2D eigenvalue weighted by molar-refractivity contribution is 0.252. The highest BCUT2D eigenvalue weighted by molar-refractivity contribution is 7.98. The van der Waals surface area contributed by atoms with E-state index in [-0.39, 0.29) is 24.0 Å². The largest absolute Gasteiger partial charge is 0.337 e. The summed E-state index contributed by atoms with van der Waals surface area (Å²) in [6, 6.07) is 13.3.